The highest BCUT2D eigenvalue weighted by atomic mass is 32.1. The first-order chi connectivity index (χ1) is 8.66. The van der Waals surface area contributed by atoms with E-state index in [-0.39, 0.29) is 0 Å². The topological polar surface area (TPSA) is 51.8 Å². The van der Waals surface area contributed by atoms with Crippen molar-refractivity contribution in [3.63, 3.8) is 0 Å². The lowest BCUT2D eigenvalue weighted by molar-refractivity contribution is 0.849. The Morgan fingerprint density at radius 1 is 1.39 bits per heavy atom. The van der Waals surface area contributed by atoms with Gasteiger partial charge in [-0.3, -0.25) is 4.98 Å². The van der Waals surface area contributed by atoms with E-state index in [9.17, 15) is 0 Å². The predicted octanol–water partition coefficient (Wildman–Crippen LogP) is 1.11. The normalized spacial score (nSPS) is 13.8. The van der Waals surface area contributed by atoms with E-state index in [0.717, 1.165) is 27.7 Å². The highest BCUT2D eigenvalue weighted by molar-refractivity contribution is 7.12. The van der Waals surface area contributed by atoms with Crippen LogP contribution in [0.25, 0.3) is 11.8 Å². The third-order valence-corrected chi connectivity index (χ3v) is 4.44. The molecule has 2 N–H and O–H groups in total. The third kappa shape index (κ3) is 1.73. The Hall–Kier alpha value is -1.68. The lowest BCUT2D eigenvalue weighted by atomic mass is 10.2. The molecule has 0 radical (unpaired) electrons. The molecular formula is C14H15N3S. The van der Waals surface area contributed by atoms with Crippen molar-refractivity contribution >= 4 is 23.1 Å². The van der Waals surface area contributed by atoms with E-state index >= 15 is 0 Å². The Morgan fingerprint density at radius 3 is 3.00 bits per heavy atom. The maximum Gasteiger partial charge on any atom is 0.103 e. The highest BCUT2D eigenvalue weighted by Gasteiger charge is 2.17. The van der Waals surface area contributed by atoms with Crippen molar-refractivity contribution in [2.45, 2.75) is 26.2 Å². The molecule has 18 heavy (non-hydrogen) atoms. The first-order valence-corrected chi connectivity index (χ1v) is 6.89. The second-order valence-corrected chi connectivity index (χ2v) is 5.86. The van der Waals surface area contributed by atoms with E-state index in [4.69, 9.17) is 5.73 Å². The number of nitrogens with two attached hydrogens (primary N) is 1. The predicted molar refractivity (Wildman–Crippen MR) is 74.6 cm³/mol. The van der Waals surface area contributed by atoms with Gasteiger partial charge in [0.2, 0.25) is 0 Å². The van der Waals surface area contributed by atoms with Gasteiger partial charge in [0.25, 0.3) is 0 Å². The van der Waals surface area contributed by atoms with Gasteiger partial charge in [-0.25, -0.2) is 4.98 Å². The first-order valence-electron chi connectivity index (χ1n) is 6.08. The number of rotatable bonds is 1. The Balaban J connectivity index is 2.30. The van der Waals surface area contributed by atoms with Crippen LogP contribution >= 0.6 is 11.3 Å². The minimum absolute atomic E-state index is 0.443. The Labute approximate surface area is 110 Å². The molecule has 92 valence electrons. The molecule has 3 rings (SSSR count). The lowest BCUT2D eigenvalue weighted by Crippen LogP contribution is -2.32. The quantitative estimate of drug-likeness (QED) is 0.832. The summed E-state index contributed by atoms with van der Waals surface area (Å²) in [7, 11) is 0. The van der Waals surface area contributed by atoms with Gasteiger partial charge in [-0.1, -0.05) is 26.0 Å². The summed E-state index contributed by atoms with van der Waals surface area (Å²) >= 11 is 1.76. The second kappa shape index (κ2) is 4.21. The van der Waals surface area contributed by atoms with Gasteiger partial charge in [0.15, 0.2) is 0 Å². The van der Waals surface area contributed by atoms with Gasteiger partial charge < -0.3 is 5.73 Å². The molecule has 0 aliphatic heterocycles. The van der Waals surface area contributed by atoms with Crippen LogP contribution in [0.1, 0.15) is 35.3 Å². The lowest BCUT2D eigenvalue weighted by Gasteiger charge is -1.98. The molecular weight excluding hydrogens is 242 g/mol. The maximum atomic E-state index is 6.25. The summed E-state index contributed by atoms with van der Waals surface area (Å²) in [6.45, 7) is 4.31. The van der Waals surface area contributed by atoms with Crippen molar-refractivity contribution in [2.75, 3.05) is 0 Å². The molecule has 4 heteroatoms. The molecule has 0 aromatic carbocycles. The summed E-state index contributed by atoms with van der Waals surface area (Å²) < 4.78 is 0. The minimum atomic E-state index is 0.443. The molecule has 2 heterocycles. The van der Waals surface area contributed by atoms with Crippen LogP contribution in [0.3, 0.4) is 0 Å². The van der Waals surface area contributed by atoms with Gasteiger partial charge >= 0.3 is 0 Å². The van der Waals surface area contributed by atoms with E-state index in [0.29, 0.717) is 11.6 Å². The number of aromatic nitrogens is 2. The van der Waals surface area contributed by atoms with E-state index in [1.807, 2.05) is 6.07 Å². The Kier molecular flexibility index (Phi) is 2.67. The summed E-state index contributed by atoms with van der Waals surface area (Å²) in [4.78, 5) is 10.3. The average Bonchev–Trinajstić information content (AvgIpc) is 2.75. The van der Waals surface area contributed by atoms with Crippen molar-refractivity contribution in [3.8, 4) is 0 Å². The third-order valence-electron chi connectivity index (χ3n) is 3.06. The van der Waals surface area contributed by atoms with Gasteiger partial charge in [0.1, 0.15) is 5.69 Å². The van der Waals surface area contributed by atoms with Gasteiger partial charge in [-0.2, -0.15) is 0 Å². The standard InChI is InChI=1S/C14H15N3S/c1-8(2)14-17-13-10(18-14)6-5-9-4-3-7-16-12(9)11(13)15/h3-5,7-8H,6,15H2,1-2H3. The van der Waals surface area contributed by atoms with E-state index in [1.54, 1.807) is 17.5 Å². The second-order valence-electron chi connectivity index (χ2n) is 4.74. The molecule has 0 saturated carbocycles. The van der Waals surface area contributed by atoms with Gasteiger partial charge in [-0.15, -0.1) is 11.3 Å². The zero-order valence-electron chi connectivity index (χ0n) is 10.5. The fraction of sp³-hybridized carbons (Fsp3) is 0.286. The molecule has 0 bridgehead atoms. The van der Waals surface area contributed by atoms with E-state index in [1.165, 1.54) is 4.88 Å². The molecule has 0 unspecified atom stereocenters. The monoisotopic (exact) mass is 257 g/mol. The van der Waals surface area contributed by atoms with Gasteiger partial charge in [-0.05, 0) is 11.3 Å². The molecule has 0 atom stereocenters. The van der Waals surface area contributed by atoms with Crippen molar-refractivity contribution in [1.82, 2.24) is 9.97 Å². The van der Waals surface area contributed by atoms with Crippen molar-refractivity contribution in [3.05, 3.63) is 44.5 Å². The molecule has 0 fully saturated rings. The van der Waals surface area contributed by atoms with Crippen molar-refractivity contribution in [2.24, 2.45) is 5.73 Å². The molecule has 1 aliphatic rings. The molecule has 3 nitrogen and oxygen atoms in total. The van der Waals surface area contributed by atoms with Crippen molar-refractivity contribution in [1.29, 1.82) is 0 Å². The fourth-order valence-electron chi connectivity index (χ4n) is 2.09. The summed E-state index contributed by atoms with van der Waals surface area (Å²) in [6, 6.07) is 3.99. The summed E-state index contributed by atoms with van der Waals surface area (Å²) in [6.07, 6.45) is 4.85. The fourth-order valence-corrected chi connectivity index (χ4v) is 3.13. The molecule has 0 spiro atoms. The number of nitrogens with zero attached hydrogens (tertiary/aromatic N) is 2. The van der Waals surface area contributed by atoms with Gasteiger partial charge in [0.05, 0.1) is 16.1 Å². The maximum absolute atomic E-state index is 6.25. The summed E-state index contributed by atoms with van der Waals surface area (Å²) in [5.74, 6) is 0.443. The van der Waals surface area contributed by atoms with E-state index in [2.05, 4.69) is 36.0 Å². The summed E-state index contributed by atoms with van der Waals surface area (Å²) in [5.41, 5.74) is 7.88. The Morgan fingerprint density at radius 2 is 2.22 bits per heavy atom. The zero-order valence-corrected chi connectivity index (χ0v) is 11.3. The van der Waals surface area contributed by atoms with Crippen LogP contribution in [0, 0.1) is 0 Å². The van der Waals surface area contributed by atoms with Crippen LogP contribution in [0.5, 0.6) is 0 Å². The number of thiazole rings is 1. The Bertz CT molecular complexity index is 713. The number of fused-ring (bicyclic) bond motifs is 2. The number of hydrogen-bond donors (Lipinski definition) is 1. The average molecular weight is 257 g/mol. The molecule has 2 aromatic heterocycles. The van der Waals surface area contributed by atoms with Crippen LogP contribution in [0.15, 0.2) is 18.3 Å². The van der Waals surface area contributed by atoms with E-state index < -0.39 is 0 Å². The minimum Gasteiger partial charge on any atom is -0.395 e. The number of hydrogen-bond acceptors (Lipinski definition) is 4. The van der Waals surface area contributed by atoms with Crippen LogP contribution in [-0.2, 0) is 6.42 Å². The summed E-state index contributed by atoms with van der Waals surface area (Å²) in [5, 5.41) is 3.11. The first kappa shape index (κ1) is 11.4. The van der Waals surface area contributed by atoms with Crippen LogP contribution < -0.4 is 16.3 Å². The molecule has 0 amide bonds. The molecule has 1 aliphatic carbocycles. The smallest absolute Gasteiger partial charge is 0.103 e. The largest absolute Gasteiger partial charge is 0.395 e. The van der Waals surface area contributed by atoms with Crippen LogP contribution in [0.4, 0.5) is 0 Å². The van der Waals surface area contributed by atoms with Crippen LogP contribution in [0.2, 0.25) is 0 Å². The SMILES string of the molecule is CC(C)c1nc2c(s1)CC=c1cccnc1=C2N. The number of pyridine rings is 1. The molecule has 2 aromatic rings. The molecule has 0 saturated heterocycles. The zero-order chi connectivity index (χ0) is 12.7. The van der Waals surface area contributed by atoms with Crippen LogP contribution in [-0.4, -0.2) is 9.97 Å². The highest BCUT2D eigenvalue weighted by Crippen LogP contribution is 2.27. The van der Waals surface area contributed by atoms with Crippen molar-refractivity contribution < 1.29 is 0 Å². The van der Waals surface area contributed by atoms with Gasteiger partial charge in [0, 0.05) is 23.4 Å².